The molecule has 2 saturated heterocycles. The molecular weight excluding hydrogens is 420 g/mol. The van der Waals surface area contributed by atoms with Crippen LogP contribution < -0.4 is 10.2 Å². The lowest BCUT2D eigenvalue weighted by atomic mass is 9.86. The molecule has 6 rings (SSSR count). The van der Waals surface area contributed by atoms with Crippen LogP contribution in [0.4, 0.5) is 0 Å². The van der Waals surface area contributed by atoms with Gasteiger partial charge in [0, 0.05) is 48.7 Å². The molecule has 0 N–H and O–H groups in total. The first kappa shape index (κ1) is 20.9. The van der Waals surface area contributed by atoms with E-state index in [1.54, 1.807) is 6.07 Å². The van der Waals surface area contributed by atoms with Crippen LogP contribution in [0.15, 0.2) is 29.1 Å². The van der Waals surface area contributed by atoms with Crippen LogP contribution >= 0.6 is 0 Å². The van der Waals surface area contributed by atoms with Crippen molar-refractivity contribution in [1.29, 1.82) is 0 Å². The quantitative estimate of drug-likeness (QED) is 0.700. The molecule has 2 aromatic rings. The number of fused-ring (bicyclic) bond motifs is 3. The number of amides is 1. The molecule has 1 saturated carbocycles. The Kier molecular flexibility index (Phi) is 5.26. The molecule has 1 amide bonds. The van der Waals surface area contributed by atoms with Crippen molar-refractivity contribution in [3.63, 3.8) is 0 Å². The van der Waals surface area contributed by atoms with E-state index in [9.17, 15) is 9.59 Å². The van der Waals surface area contributed by atoms with Gasteiger partial charge < -0.3 is 23.7 Å². The van der Waals surface area contributed by atoms with Gasteiger partial charge in [-0.1, -0.05) is 18.2 Å². The average molecular weight is 451 g/mol. The van der Waals surface area contributed by atoms with E-state index in [0.717, 1.165) is 55.7 Å². The van der Waals surface area contributed by atoms with Crippen molar-refractivity contribution in [2.75, 3.05) is 39.5 Å². The van der Waals surface area contributed by atoms with Crippen molar-refractivity contribution in [1.82, 2.24) is 9.47 Å². The van der Waals surface area contributed by atoms with Gasteiger partial charge in [-0.2, -0.15) is 0 Å². The van der Waals surface area contributed by atoms with E-state index >= 15 is 0 Å². The number of hydrogen-bond donors (Lipinski definition) is 0. The lowest BCUT2D eigenvalue weighted by Gasteiger charge is -2.40. The lowest BCUT2D eigenvalue weighted by molar-refractivity contribution is -0.137. The standard InChI is InChI=1S/C26H30N2O5/c1-16-23(29)11-24(33-15-21-14-31-8-9-32-21)28-7-6-19-10-18(4-5-22(19)25(16)28)20-12-27(13-20)26(30)17-2-3-17/h4-5,10-11,17,20-21H,2-3,6-9,12-15H2,1H3/t21-/m0/s1. The third kappa shape index (κ3) is 3.87. The van der Waals surface area contributed by atoms with E-state index < -0.39 is 0 Å². The molecule has 3 aliphatic heterocycles. The molecule has 0 radical (unpaired) electrons. The smallest absolute Gasteiger partial charge is 0.225 e. The second-order valence-corrected chi connectivity index (χ2v) is 9.73. The van der Waals surface area contributed by atoms with Gasteiger partial charge in [-0.05, 0) is 37.3 Å². The molecule has 174 valence electrons. The molecule has 4 aliphatic rings. The summed E-state index contributed by atoms with van der Waals surface area (Å²) < 4.78 is 19.3. The maximum absolute atomic E-state index is 12.8. The maximum atomic E-state index is 12.8. The summed E-state index contributed by atoms with van der Waals surface area (Å²) in [5.41, 5.74) is 5.35. The van der Waals surface area contributed by atoms with E-state index in [0.29, 0.717) is 50.1 Å². The van der Waals surface area contributed by atoms with Gasteiger partial charge in [0.05, 0.1) is 25.5 Å². The summed E-state index contributed by atoms with van der Waals surface area (Å²) >= 11 is 0. The highest BCUT2D eigenvalue weighted by Gasteiger charge is 2.39. The third-order valence-corrected chi connectivity index (χ3v) is 7.40. The van der Waals surface area contributed by atoms with Gasteiger partial charge in [0.15, 0.2) is 11.3 Å². The summed E-state index contributed by atoms with van der Waals surface area (Å²) in [6.45, 7) is 6.38. The number of aromatic nitrogens is 1. The third-order valence-electron chi connectivity index (χ3n) is 7.40. The average Bonchev–Trinajstić information content (AvgIpc) is 3.65. The number of ether oxygens (including phenoxy) is 3. The summed E-state index contributed by atoms with van der Waals surface area (Å²) in [6.07, 6.45) is 2.89. The molecule has 0 bridgehead atoms. The molecule has 7 nitrogen and oxygen atoms in total. The highest BCUT2D eigenvalue weighted by Crippen LogP contribution is 2.39. The lowest BCUT2D eigenvalue weighted by Crippen LogP contribution is -2.49. The zero-order valence-corrected chi connectivity index (χ0v) is 19.0. The molecule has 1 aromatic heterocycles. The predicted molar refractivity (Wildman–Crippen MR) is 123 cm³/mol. The largest absolute Gasteiger partial charge is 0.476 e. The van der Waals surface area contributed by atoms with Gasteiger partial charge in [0.25, 0.3) is 0 Å². The highest BCUT2D eigenvalue weighted by molar-refractivity contribution is 5.82. The van der Waals surface area contributed by atoms with Crippen molar-refractivity contribution in [3.05, 3.63) is 51.2 Å². The maximum Gasteiger partial charge on any atom is 0.225 e. The van der Waals surface area contributed by atoms with E-state index in [1.165, 1.54) is 11.1 Å². The number of carbonyl (C=O) groups excluding carboxylic acids is 1. The van der Waals surface area contributed by atoms with E-state index in [2.05, 4.69) is 22.8 Å². The number of pyridine rings is 1. The number of carbonyl (C=O) groups is 1. The van der Waals surface area contributed by atoms with Crippen molar-refractivity contribution < 1.29 is 19.0 Å². The predicted octanol–water partition coefficient (Wildman–Crippen LogP) is 2.51. The molecule has 3 fully saturated rings. The van der Waals surface area contributed by atoms with E-state index in [-0.39, 0.29) is 11.5 Å². The Morgan fingerprint density at radius 2 is 2.03 bits per heavy atom. The minimum Gasteiger partial charge on any atom is -0.476 e. The zero-order valence-electron chi connectivity index (χ0n) is 19.0. The zero-order chi connectivity index (χ0) is 22.5. The van der Waals surface area contributed by atoms with Crippen LogP contribution in [0.3, 0.4) is 0 Å². The molecule has 0 spiro atoms. The normalized spacial score (nSPS) is 22.3. The van der Waals surface area contributed by atoms with Gasteiger partial charge in [0.2, 0.25) is 5.91 Å². The monoisotopic (exact) mass is 450 g/mol. The van der Waals surface area contributed by atoms with Crippen molar-refractivity contribution in [2.24, 2.45) is 5.92 Å². The summed E-state index contributed by atoms with van der Waals surface area (Å²) in [5.74, 6) is 1.64. The van der Waals surface area contributed by atoms with Crippen LogP contribution in [-0.2, 0) is 27.2 Å². The molecule has 33 heavy (non-hydrogen) atoms. The van der Waals surface area contributed by atoms with E-state index in [4.69, 9.17) is 14.2 Å². The fourth-order valence-electron chi connectivity index (χ4n) is 5.22. The Bertz CT molecular complexity index is 1140. The Labute approximate surface area is 193 Å². The van der Waals surface area contributed by atoms with Crippen LogP contribution in [0.1, 0.15) is 35.4 Å². The number of likely N-dealkylation sites (tertiary alicyclic amines) is 1. The summed E-state index contributed by atoms with van der Waals surface area (Å²) in [7, 11) is 0. The van der Waals surface area contributed by atoms with Crippen molar-refractivity contribution in [2.45, 2.75) is 44.8 Å². The fraction of sp³-hybridized carbons (Fsp3) is 0.538. The number of aryl methyl sites for hydroxylation is 1. The number of nitrogens with zero attached hydrogens (tertiary/aromatic N) is 2. The second-order valence-electron chi connectivity index (χ2n) is 9.73. The topological polar surface area (TPSA) is 70.0 Å². The SMILES string of the molecule is Cc1c2n(c(OC[C@@H]3COCCO3)cc1=O)CCc1cc(C3CN(C(=O)C4CC4)C3)ccc1-2. The van der Waals surface area contributed by atoms with Crippen LogP contribution in [0, 0.1) is 12.8 Å². The van der Waals surface area contributed by atoms with Gasteiger partial charge in [-0.15, -0.1) is 0 Å². The van der Waals surface area contributed by atoms with Gasteiger partial charge >= 0.3 is 0 Å². The number of rotatable bonds is 5. The van der Waals surface area contributed by atoms with Crippen LogP contribution in [0.25, 0.3) is 11.3 Å². The molecule has 1 aromatic carbocycles. The summed E-state index contributed by atoms with van der Waals surface area (Å²) in [6, 6.07) is 8.20. The Morgan fingerprint density at radius 1 is 1.18 bits per heavy atom. The van der Waals surface area contributed by atoms with Crippen LogP contribution in [-0.4, -0.2) is 61.0 Å². The first-order chi connectivity index (χ1) is 16.1. The Balaban J connectivity index is 1.24. The number of hydrogen-bond acceptors (Lipinski definition) is 5. The first-order valence-corrected chi connectivity index (χ1v) is 12.1. The van der Waals surface area contributed by atoms with Gasteiger partial charge in [-0.25, -0.2) is 0 Å². The Morgan fingerprint density at radius 3 is 2.79 bits per heavy atom. The first-order valence-electron chi connectivity index (χ1n) is 12.1. The van der Waals surface area contributed by atoms with E-state index in [1.807, 2.05) is 11.8 Å². The summed E-state index contributed by atoms with van der Waals surface area (Å²) in [5, 5.41) is 0. The molecule has 4 heterocycles. The van der Waals surface area contributed by atoms with Crippen molar-refractivity contribution >= 4 is 5.91 Å². The van der Waals surface area contributed by atoms with Gasteiger partial charge in [-0.3, -0.25) is 9.59 Å². The Hall–Kier alpha value is -2.64. The number of benzene rings is 1. The molecule has 7 heteroatoms. The minimum absolute atomic E-state index is 0.0118. The fourth-order valence-corrected chi connectivity index (χ4v) is 5.22. The molecule has 1 aliphatic carbocycles. The van der Waals surface area contributed by atoms with Crippen molar-refractivity contribution in [3.8, 4) is 17.1 Å². The summed E-state index contributed by atoms with van der Waals surface area (Å²) in [4.78, 5) is 27.0. The van der Waals surface area contributed by atoms with Crippen LogP contribution in [0.2, 0.25) is 0 Å². The van der Waals surface area contributed by atoms with Crippen LogP contribution in [0.5, 0.6) is 5.88 Å². The molecule has 0 unspecified atom stereocenters. The van der Waals surface area contributed by atoms with Gasteiger partial charge in [0.1, 0.15) is 12.7 Å². The molecule has 1 atom stereocenters. The second kappa shape index (κ2) is 8.29. The molecular formula is C26H30N2O5. The minimum atomic E-state index is -0.112. The highest BCUT2D eigenvalue weighted by atomic mass is 16.6.